The SMILES string of the molecule is Cc1ncsc1-c1ccc(CNC(=O)[C@H]2C[C@H](O)CN2C(=O)[C@H](CNC(=O)CCOCCN2CCC[C@H]2COc2nc(N3CC4CCC(C3)N4)c3cnc(-c4cc(N)cc(Cl)c4C(F)(F)F)c(F)c3n2)C(C)(C)C)cc1. The number of carbonyl (C=O) groups is 3. The molecule has 4 aliphatic rings. The third-order valence-electron chi connectivity index (χ3n) is 14.9. The molecule has 9 rings (SSSR count). The molecule has 23 heteroatoms. The summed E-state index contributed by atoms with van der Waals surface area (Å²) in [5.41, 5.74) is 7.16. The van der Waals surface area contributed by atoms with Crippen molar-refractivity contribution in [3.05, 3.63) is 75.8 Å². The van der Waals surface area contributed by atoms with Crippen LogP contribution in [0, 0.1) is 24.1 Å². The van der Waals surface area contributed by atoms with Gasteiger partial charge >= 0.3 is 12.2 Å². The highest BCUT2D eigenvalue weighted by molar-refractivity contribution is 7.13. The van der Waals surface area contributed by atoms with E-state index in [1.54, 1.807) is 16.8 Å². The lowest BCUT2D eigenvalue weighted by molar-refractivity contribution is -0.144. The second kappa shape index (κ2) is 23.1. The molecule has 3 amide bonds. The molecule has 0 radical (unpaired) electrons. The summed E-state index contributed by atoms with van der Waals surface area (Å²) in [6.45, 7) is 10.9. The fraction of sp³-hybridized carbons (Fsp3) is 0.528. The quantitative estimate of drug-likeness (QED) is 0.0349. The third-order valence-corrected chi connectivity index (χ3v) is 16.1. The van der Waals surface area contributed by atoms with Crippen molar-refractivity contribution in [2.45, 2.75) is 109 Å². The second-order valence-electron chi connectivity index (χ2n) is 21.3. The minimum Gasteiger partial charge on any atom is -0.462 e. The van der Waals surface area contributed by atoms with E-state index in [-0.39, 0.29) is 104 Å². The third kappa shape index (κ3) is 12.5. The van der Waals surface area contributed by atoms with Gasteiger partial charge < -0.3 is 46.1 Å². The van der Waals surface area contributed by atoms with Gasteiger partial charge in [-0.05, 0) is 67.8 Å². The molecule has 0 saturated carbocycles. The van der Waals surface area contributed by atoms with E-state index in [0.29, 0.717) is 32.1 Å². The summed E-state index contributed by atoms with van der Waals surface area (Å²) in [6.07, 6.45) is -0.806. The van der Waals surface area contributed by atoms with Crippen molar-refractivity contribution in [3.8, 4) is 27.7 Å². The van der Waals surface area contributed by atoms with Crippen molar-refractivity contribution in [2.75, 3.05) is 69.7 Å². The molecule has 4 fully saturated rings. The smallest absolute Gasteiger partial charge is 0.418 e. The van der Waals surface area contributed by atoms with Crippen LogP contribution in [-0.2, 0) is 31.8 Å². The number of thiazole rings is 1. The van der Waals surface area contributed by atoms with E-state index in [1.807, 2.05) is 56.9 Å². The summed E-state index contributed by atoms with van der Waals surface area (Å²) in [5.74, 6) is -2.40. The van der Waals surface area contributed by atoms with Gasteiger partial charge in [0.2, 0.25) is 17.7 Å². The van der Waals surface area contributed by atoms with Crippen LogP contribution in [0.3, 0.4) is 0 Å². The van der Waals surface area contributed by atoms with Gasteiger partial charge in [0.05, 0.1) is 57.3 Å². The number of β-amino-alcohol motifs (C(OH)–C–C–N with tert-alkyl or cyclic N) is 1. The molecule has 3 aromatic heterocycles. The van der Waals surface area contributed by atoms with Crippen molar-refractivity contribution in [1.29, 1.82) is 0 Å². The minimum atomic E-state index is -4.94. The number of nitrogens with one attached hydrogen (secondary N) is 3. The number of nitrogens with two attached hydrogens (primary N) is 1. The number of aliphatic hydroxyl groups excluding tert-OH is 1. The molecule has 4 saturated heterocycles. The number of amides is 3. The van der Waals surface area contributed by atoms with Crippen LogP contribution in [0.2, 0.25) is 5.02 Å². The Balaban J connectivity index is 0.774. The van der Waals surface area contributed by atoms with Crippen LogP contribution in [0.15, 0.2) is 48.1 Å². The highest BCUT2D eigenvalue weighted by Crippen LogP contribution is 2.44. The molecule has 4 aliphatic heterocycles. The number of carbonyl (C=O) groups excluding carboxylic acids is 3. The summed E-state index contributed by atoms with van der Waals surface area (Å²) in [4.78, 5) is 65.3. The molecule has 0 spiro atoms. The van der Waals surface area contributed by atoms with E-state index in [1.165, 1.54) is 11.1 Å². The van der Waals surface area contributed by atoms with Crippen LogP contribution < -0.4 is 31.3 Å². The molecule has 6 atom stereocenters. The number of ether oxygens (including phenoxy) is 2. The molecule has 408 valence electrons. The molecule has 7 heterocycles. The zero-order valence-electron chi connectivity index (χ0n) is 42.9. The Morgan fingerprint density at radius 3 is 2.46 bits per heavy atom. The number of halogens is 5. The number of alkyl halides is 3. The van der Waals surface area contributed by atoms with E-state index in [2.05, 4.69) is 35.8 Å². The van der Waals surface area contributed by atoms with Crippen molar-refractivity contribution in [3.63, 3.8) is 0 Å². The number of fused-ring (bicyclic) bond motifs is 3. The van der Waals surface area contributed by atoms with E-state index < -0.39 is 57.3 Å². The average Bonchev–Trinajstić information content (AvgIpc) is 4.21. The van der Waals surface area contributed by atoms with Crippen LogP contribution in [0.1, 0.15) is 76.1 Å². The number of nitrogen functional groups attached to an aromatic ring is 1. The molecule has 6 N–H and O–H groups in total. The summed E-state index contributed by atoms with van der Waals surface area (Å²) in [7, 11) is 0. The normalized spacial score (nSPS) is 21.4. The van der Waals surface area contributed by atoms with E-state index >= 15 is 4.39 Å². The number of rotatable bonds is 18. The number of anilines is 2. The van der Waals surface area contributed by atoms with Crippen LogP contribution in [-0.4, -0.2) is 142 Å². The Morgan fingerprint density at radius 2 is 1.76 bits per heavy atom. The lowest BCUT2D eigenvalue weighted by Gasteiger charge is -2.35. The number of pyridine rings is 1. The molecule has 2 unspecified atom stereocenters. The molecule has 0 aliphatic carbocycles. The second-order valence-corrected chi connectivity index (χ2v) is 22.5. The van der Waals surface area contributed by atoms with Gasteiger partial charge in [0.25, 0.3) is 0 Å². The van der Waals surface area contributed by atoms with Crippen molar-refractivity contribution in [2.24, 2.45) is 11.3 Å². The standard InChI is InChI=1S/C53H64ClF4N11O6S/c1-29-47(76-28-63-29)31-9-7-30(8-10-31)21-62-49(72)41-20-36(70)26-69(41)50(73)39(52(2,3)4)23-60-42(71)13-16-74-17-15-67-14-5-6-35(67)27-75-51-65-46-38(48(66-51)68-24-33-11-12-34(25-68)64-33)22-61-45(44(46)55)37-18-32(59)19-40(54)43(37)53(56,57)58/h7-10,18-19,22,28,33-36,39,41,64,70H,5-6,11-17,20-21,23-27,59H2,1-4H3,(H,60,71)(H,62,72)/t33?,34?,35-,36-,39-,41+/m0/s1. The fourth-order valence-electron chi connectivity index (χ4n) is 10.8. The number of aryl methyl sites for hydroxylation is 1. The number of nitrogens with zero attached hydrogens (tertiary/aromatic N) is 7. The average molecular weight is 1090 g/mol. The monoisotopic (exact) mass is 1090 g/mol. The van der Waals surface area contributed by atoms with Crippen molar-refractivity contribution < 1.29 is 46.5 Å². The minimum absolute atomic E-state index is 0.00621. The van der Waals surface area contributed by atoms with Gasteiger partial charge in [-0.3, -0.25) is 24.3 Å². The maximum Gasteiger partial charge on any atom is 0.418 e. The molecule has 2 bridgehead atoms. The zero-order valence-corrected chi connectivity index (χ0v) is 44.5. The number of likely N-dealkylation sites (tertiary alicyclic amines) is 2. The lowest BCUT2D eigenvalue weighted by atomic mass is 9.79. The number of hydrogen-bond donors (Lipinski definition) is 5. The molecular formula is C53H64ClF4N11O6S. The number of hydrogen-bond acceptors (Lipinski definition) is 15. The molecule has 2 aromatic carbocycles. The van der Waals surface area contributed by atoms with Crippen molar-refractivity contribution in [1.82, 2.24) is 45.7 Å². The maximum absolute atomic E-state index is 16.7. The van der Waals surface area contributed by atoms with Gasteiger partial charge in [-0.1, -0.05) is 56.6 Å². The Bertz CT molecular complexity index is 2910. The van der Waals surface area contributed by atoms with Gasteiger partial charge in [-0.25, -0.2) is 9.37 Å². The van der Waals surface area contributed by atoms with E-state index in [4.69, 9.17) is 31.8 Å². The van der Waals surface area contributed by atoms with Crippen LogP contribution >= 0.6 is 22.9 Å². The Kier molecular flexibility index (Phi) is 16.7. The molecule has 76 heavy (non-hydrogen) atoms. The Labute approximate surface area is 447 Å². The van der Waals surface area contributed by atoms with Gasteiger partial charge in [-0.2, -0.15) is 23.1 Å². The summed E-state index contributed by atoms with van der Waals surface area (Å²) in [6, 6.07) is 9.09. The number of piperazine rings is 1. The Hall–Kier alpha value is -5.78. The first kappa shape index (κ1) is 55.0. The van der Waals surface area contributed by atoms with Crippen LogP contribution in [0.25, 0.3) is 32.6 Å². The first-order valence-corrected chi connectivity index (χ1v) is 27.0. The molecular weight excluding hydrogens is 1030 g/mol. The molecule has 17 nitrogen and oxygen atoms in total. The Morgan fingerprint density at radius 1 is 1.01 bits per heavy atom. The number of aliphatic hydroxyl groups is 1. The fourth-order valence-corrected chi connectivity index (χ4v) is 12.0. The van der Waals surface area contributed by atoms with Gasteiger partial charge in [0, 0.05) is 87.7 Å². The van der Waals surface area contributed by atoms with Gasteiger partial charge in [0.15, 0.2) is 5.82 Å². The van der Waals surface area contributed by atoms with Crippen LogP contribution in [0.5, 0.6) is 6.01 Å². The summed E-state index contributed by atoms with van der Waals surface area (Å²) < 4.78 is 71.8. The lowest BCUT2D eigenvalue weighted by Crippen LogP contribution is -2.52. The van der Waals surface area contributed by atoms with Gasteiger partial charge in [-0.15, -0.1) is 11.3 Å². The summed E-state index contributed by atoms with van der Waals surface area (Å²) >= 11 is 7.60. The van der Waals surface area contributed by atoms with Gasteiger partial charge in [0.1, 0.15) is 29.7 Å². The largest absolute Gasteiger partial charge is 0.462 e. The predicted octanol–water partition coefficient (Wildman–Crippen LogP) is 6.76. The van der Waals surface area contributed by atoms with Crippen LogP contribution in [0.4, 0.5) is 29.1 Å². The summed E-state index contributed by atoms with van der Waals surface area (Å²) in [5, 5.41) is 19.6. The number of aromatic nitrogens is 4. The van der Waals surface area contributed by atoms with Crippen molar-refractivity contribution >= 4 is 63.1 Å². The maximum atomic E-state index is 16.7. The zero-order chi connectivity index (χ0) is 54.1. The van der Waals surface area contributed by atoms with E-state index in [0.717, 1.165) is 66.1 Å². The first-order chi connectivity index (χ1) is 36.2. The highest BCUT2D eigenvalue weighted by Gasteiger charge is 2.44. The van der Waals surface area contributed by atoms with E-state index in [9.17, 15) is 32.7 Å². The number of benzene rings is 2. The topological polar surface area (TPSA) is 213 Å². The highest BCUT2D eigenvalue weighted by atomic mass is 35.5. The predicted molar refractivity (Wildman–Crippen MR) is 281 cm³/mol. The molecule has 5 aromatic rings. The first-order valence-electron chi connectivity index (χ1n) is 25.7.